The zero-order chi connectivity index (χ0) is 16.8. The van der Waals surface area contributed by atoms with E-state index >= 15 is 0 Å². The third kappa shape index (κ3) is 1.99. The highest BCUT2D eigenvalue weighted by molar-refractivity contribution is 6.11. The van der Waals surface area contributed by atoms with Gasteiger partial charge in [0.05, 0.1) is 17.2 Å². The van der Waals surface area contributed by atoms with Crippen LogP contribution >= 0.6 is 0 Å². The molecule has 0 amide bonds. The third-order valence-electron chi connectivity index (χ3n) is 4.35. The molecule has 0 N–H and O–H groups in total. The molecule has 2 aromatic heterocycles. The quantitative estimate of drug-likeness (QED) is 0.488. The molecule has 24 heavy (non-hydrogen) atoms. The van der Waals surface area contributed by atoms with Crippen LogP contribution in [0.5, 0.6) is 0 Å². The van der Waals surface area contributed by atoms with Crippen molar-refractivity contribution in [2.24, 2.45) is 7.05 Å². The second kappa shape index (κ2) is 5.17. The molecule has 116 valence electrons. The molecule has 0 saturated heterocycles. The molecule has 0 aliphatic carbocycles. The first-order valence-corrected chi connectivity index (χ1v) is 7.60. The van der Waals surface area contributed by atoms with Crippen molar-refractivity contribution < 1.29 is 13.4 Å². The van der Waals surface area contributed by atoms with Crippen LogP contribution in [0.15, 0.2) is 53.1 Å². The lowest BCUT2D eigenvalue weighted by molar-refractivity contribution is -0.661. The van der Waals surface area contributed by atoms with E-state index in [2.05, 4.69) is 6.07 Å². The number of rotatable bonds is 1. The van der Waals surface area contributed by atoms with Gasteiger partial charge in [-0.2, -0.15) is 9.83 Å². The van der Waals surface area contributed by atoms with Crippen LogP contribution in [0.1, 0.15) is 11.1 Å². The predicted molar refractivity (Wildman–Crippen MR) is 89.7 cm³/mol. The number of nitrogens with zero attached hydrogens (tertiary/aromatic N) is 2. The maximum atomic E-state index is 13.5. The number of furan rings is 1. The molecule has 0 aliphatic heterocycles. The van der Waals surface area contributed by atoms with E-state index in [4.69, 9.17) is 4.42 Å². The minimum absolute atomic E-state index is 0.289. The molecule has 0 saturated carbocycles. The molecule has 2 aromatic carbocycles. The summed E-state index contributed by atoms with van der Waals surface area (Å²) in [5.74, 6) is -0.289. The Morgan fingerprint density at radius 3 is 2.71 bits per heavy atom. The summed E-state index contributed by atoms with van der Waals surface area (Å²) >= 11 is 0. The zero-order valence-electron chi connectivity index (χ0n) is 13.3. The predicted octanol–water partition coefficient (Wildman–Crippen LogP) is 4.40. The molecule has 0 fully saturated rings. The SMILES string of the molecule is Cc1ccc2c(oc3cccc(C#N)c32)c1-c1ccc(F)c[n+]1C. The lowest BCUT2D eigenvalue weighted by Crippen LogP contribution is -2.31. The first-order chi connectivity index (χ1) is 11.6. The van der Waals surface area contributed by atoms with Gasteiger partial charge in [0.25, 0.3) is 0 Å². The number of pyridine rings is 1. The Kier molecular flexibility index (Phi) is 3.10. The monoisotopic (exact) mass is 317 g/mol. The Balaban J connectivity index is 2.17. The van der Waals surface area contributed by atoms with Crippen molar-refractivity contribution in [2.75, 3.05) is 0 Å². The number of fused-ring (bicyclic) bond motifs is 3. The molecule has 0 radical (unpaired) electrons. The lowest BCUT2D eigenvalue weighted by Gasteiger charge is -2.05. The minimum Gasteiger partial charge on any atom is -0.455 e. The van der Waals surface area contributed by atoms with Crippen LogP contribution in [0, 0.1) is 24.1 Å². The number of halogens is 1. The summed E-state index contributed by atoms with van der Waals surface area (Å²) in [6.45, 7) is 2.00. The molecule has 3 nitrogen and oxygen atoms in total. The molecule has 0 unspecified atom stereocenters. The third-order valence-corrected chi connectivity index (χ3v) is 4.35. The van der Waals surface area contributed by atoms with Gasteiger partial charge in [-0.15, -0.1) is 0 Å². The smallest absolute Gasteiger partial charge is 0.216 e. The van der Waals surface area contributed by atoms with Gasteiger partial charge in [-0.1, -0.05) is 18.2 Å². The molecule has 0 spiro atoms. The summed E-state index contributed by atoms with van der Waals surface area (Å²) in [6, 6.07) is 14.9. The van der Waals surface area contributed by atoms with Crippen molar-refractivity contribution in [1.29, 1.82) is 5.26 Å². The second-order valence-electron chi connectivity index (χ2n) is 5.87. The summed E-state index contributed by atoms with van der Waals surface area (Å²) in [4.78, 5) is 0. The van der Waals surface area contributed by atoms with Crippen LogP contribution in [0.3, 0.4) is 0 Å². The van der Waals surface area contributed by atoms with E-state index in [0.29, 0.717) is 11.1 Å². The van der Waals surface area contributed by atoms with E-state index in [1.54, 1.807) is 23.7 Å². The Morgan fingerprint density at radius 1 is 1.12 bits per heavy atom. The van der Waals surface area contributed by atoms with Gasteiger partial charge in [-0.05, 0) is 30.7 Å². The molecular formula is C20H14FN2O+. The van der Waals surface area contributed by atoms with Gasteiger partial charge in [0.2, 0.25) is 11.9 Å². The first-order valence-electron chi connectivity index (χ1n) is 7.60. The number of nitriles is 1. The topological polar surface area (TPSA) is 40.8 Å². The summed E-state index contributed by atoms with van der Waals surface area (Å²) in [7, 11) is 1.81. The lowest BCUT2D eigenvalue weighted by atomic mass is 9.99. The van der Waals surface area contributed by atoms with Gasteiger partial charge < -0.3 is 4.42 Å². The van der Waals surface area contributed by atoms with Crippen LogP contribution in [0.2, 0.25) is 0 Å². The minimum atomic E-state index is -0.289. The number of aryl methyl sites for hydroxylation is 2. The van der Waals surface area contributed by atoms with Crippen LogP contribution < -0.4 is 4.57 Å². The van der Waals surface area contributed by atoms with Crippen LogP contribution in [0.4, 0.5) is 4.39 Å². The van der Waals surface area contributed by atoms with Crippen molar-refractivity contribution >= 4 is 21.9 Å². The summed E-state index contributed by atoms with van der Waals surface area (Å²) in [5, 5.41) is 11.1. The molecule has 4 heteroatoms. The standard InChI is InChI=1S/C20H14FN2O/c1-12-6-8-15-19-13(10-22)4-3-5-17(19)24-20(15)18(12)16-9-7-14(21)11-23(16)2/h3-9,11H,1-2H3/q+1. The Labute approximate surface area is 138 Å². The average molecular weight is 317 g/mol. The van der Waals surface area contributed by atoms with E-state index < -0.39 is 0 Å². The van der Waals surface area contributed by atoms with Crippen molar-refractivity contribution in [3.8, 4) is 17.3 Å². The fourth-order valence-corrected chi connectivity index (χ4v) is 3.23. The van der Waals surface area contributed by atoms with Gasteiger partial charge in [0.15, 0.2) is 5.82 Å². The van der Waals surface area contributed by atoms with Gasteiger partial charge in [-0.25, -0.2) is 4.39 Å². The molecule has 4 aromatic rings. The van der Waals surface area contributed by atoms with Crippen LogP contribution in [-0.2, 0) is 7.05 Å². The molecule has 2 heterocycles. The zero-order valence-corrected chi connectivity index (χ0v) is 13.3. The average Bonchev–Trinajstić information content (AvgIpc) is 2.94. The van der Waals surface area contributed by atoms with Gasteiger partial charge in [0.1, 0.15) is 18.2 Å². The molecular weight excluding hydrogens is 303 g/mol. The van der Waals surface area contributed by atoms with Crippen molar-refractivity contribution in [3.63, 3.8) is 0 Å². The van der Waals surface area contributed by atoms with E-state index in [0.717, 1.165) is 33.2 Å². The molecule has 0 bridgehead atoms. The maximum absolute atomic E-state index is 13.5. The van der Waals surface area contributed by atoms with Gasteiger partial charge in [-0.3, -0.25) is 0 Å². The van der Waals surface area contributed by atoms with Crippen LogP contribution in [-0.4, -0.2) is 0 Å². The Bertz CT molecular complexity index is 1150. The fourth-order valence-electron chi connectivity index (χ4n) is 3.23. The van der Waals surface area contributed by atoms with Gasteiger partial charge in [0, 0.05) is 16.8 Å². The molecule has 4 rings (SSSR count). The fraction of sp³-hybridized carbons (Fsp3) is 0.100. The Morgan fingerprint density at radius 2 is 1.96 bits per heavy atom. The number of aromatic nitrogens is 1. The van der Waals surface area contributed by atoms with E-state index in [9.17, 15) is 9.65 Å². The molecule has 0 aliphatic rings. The largest absolute Gasteiger partial charge is 0.455 e. The van der Waals surface area contributed by atoms with E-state index in [1.165, 1.54) is 12.3 Å². The normalized spacial score (nSPS) is 11.1. The van der Waals surface area contributed by atoms with Gasteiger partial charge >= 0.3 is 0 Å². The first kappa shape index (κ1) is 14.4. The number of hydrogen-bond acceptors (Lipinski definition) is 2. The highest BCUT2D eigenvalue weighted by Gasteiger charge is 2.21. The second-order valence-corrected chi connectivity index (χ2v) is 5.87. The van der Waals surface area contributed by atoms with Crippen molar-refractivity contribution in [2.45, 2.75) is 6.92 Å². The van der Waals surface area contributed by atoms with E-state index in [1.807, 2.05) is 31.2 Å². The number of hydrogen-bond donors (Lipinski definition) is 0. The van der Waals surface area contributed by atoms with Crippen molar-refractivity contribution in [3.05, 3.63) is 65.6 Å². The van der Waals surface area contributed by atoms with Crippen LogP contribution in [0.25, 0.3) is 33.2 Å². The highest BCUT2D eigenvalue weighted by Crippen LogP contribution is 2.37. The van der Waals surface area contributed by atoms with Crippen molar-refractivity contribution in [1.82, 2.24) is 0 Å². The van der Waals surface area contributed by atoms with E-state index in [-0.39, 0.29) is 5.82 Å². The highest BCUT2D eigenvalue weighted by atomic mass is 19.1. The summed E-state index contributed by atoms with van der Waals surface area (Å²) in [6.07, 6.45) is 1.44. The summed E-state index contributed by atoms with van der Waals surface area (Å²) in [5.41, 5.74) is 4.79. The number of benzene rings is 2. The summed E-state index contributed by atoms with van der Waals surface area (Å²) < 4.78 is 21.3. The molecule has 0 atom stereocenters. The maximum Gasteiger partial charge on any atom is 0.216 e. The Hall–Kier alpha value is -3.19.